The van der Waals surface area contributed by atoms with Crippen LogP contribution in [0.15, 0.2) is 6.07 Å². The maximum atomic E-state index is 3.92. The molecule has 0 N–H and O–H groups in total. The summed E-state index contributed by atoms with van der Waals surface area (Å²) in [5.74, 6) is 0.948. The SMILES string of the molecule is Cc1cc(C)c(C(Br)CC2CCCCCC2)s1. The molecular weight excluding hydrogens is 292 g/mol. The molecule has 1 aliphatic carbocycles. The molecule has 0 bridgehead atoms. The van der Waals surface area contributed by atoms with Crippen molar-refractivity contribution in [1.29, 1.82) is 0 Å². The number of hydrogen-bond acceptors (Lipinski definition) is 1. The molecule has 0 amide bonds. The van der Waals surface area contributed by atoms with Gasteiger partial charge in [0.25, 0.3) is 0 Å². The molecular formula is C15H23BrS. The van der Waals surface area contributed by atoms with Gasteiger partial charge in [0, 0.05) is 14.6 Å². The Kier molecular flexibility index (Phi) is 5.10. The van der Waals surface area contributed by atoms with Crippen molar-refractivity contribution in [3.05, 3.63) is 21.4 Å². The molecule has 2 heteroatoms. The smallest absolute Gasteiger partial charge is 0.0494 e. The third kappa shape index (κ3) is 3.82. The number of halogens is 1. The van der Waals surface area contributed by atoms with Crippen LogP contribution in [-0.2, 0) is 0 Å². The molecule has 0 nitrogen and oxygen atoms in total. The first-order chi connectivity index (χ1) is 8.16. The lowest BCUT2D eigenvalue weighted by Gasteiger charge is -2.18. The Morgan fingerprint density at radius 1 is 1.24 bits per heavy atom. The predicted molar refractivity (Wildman–Crippen MR) is 81.3 cm³/mol. The zero-order valence-electron chi connectivity index (χ0n) is 11.0. The van der Waals surface area contributed by atoms with Crippen molar-refractivity contribution >= 4 is 27.3 Å². The second kappa shape index (κ2) is 6.38. The van der Waals surface area contributed by atoms with Crippen LogP contribution in [0, 0.1) is 19.8 Å². The lowest BCUT2D eigenvalue weighted by molar-refractivity contribution is 0.428. The highest BCUT2D eigenvalue weighted by Gasteiger charge is 2.19. The standard InChI is InChI=1S/C15H23BrS/c1-11-9-12(2)17-15(11)14(16)10-13-7-5-3-4-6-8-13/h9,13-14H,3-8,10H2,1-2H3. The Balaban J connectivity index is 1.95. The van der Waals surface area contributed by atoms with E-state index >= 15 is 0 Å². The number of aryl methyl sites for hydroxylation is 2. The van der Waals surface area contributed by atoms with Crippen molar-refractivity contribution in [2.24, 2.45) is 5.92 Å². The van der Waals surface area contributed by atoms with Crippen molar-refractivity contribution < 1.29 is 0 Å². The number of hydrogen-bond donors (Lipinski definition) is 0. The van der Waals surface area contributed by atoms with Gasteiger partial charge in [0.05, 0.1) is 0 Å². The quantitative estimate of drug-likeness (QED) is 0.463. The molecule has 1 aliphatic rings. The van der Waals surface area contributed by atoms with Crippen LogP contribution < -0.4 is 0 Å². The van der Waals surface area contributed by atoms with Crippen molar-refractivity contribution in [2.75, 3.05) is 0 Å². The third-order valence-electron chi connectivity index (χ3n) is 3.88. The van der Waals surface area contributed by atoms with E-state index in [1.165, 1.54) is 55.4 Å². The molecule has 1 atom stereocenters. The first-order valence-corrected chi connectivity index (χ1v) is 8.61. The third-order valence-corrected chi connectivity index (χ3v) is 6.28. The first kappa shape index (κ1) is 13.6. The summed E-state index contributed by atoms with van der Waals surface area (Å²) < 4.78 is 0. The zero-order chi connectivity index (χ0) is 12.3. The van der Waals surface area contributed by atoms with Crippen LogP contribution in [0.5, 0.6) is 0 Å². The lowest BCUT2D eigenvalue weighted by atomic mass is 9.94. The van der Waals surface area contributed by atoms with Gasteiger partial charge in [0.1, 0.15) is 0 Å². The topological polar surface area (TPSA) is 0 Å². The Bertz CT molecular complexity index is 348. The summed E-state index contributed by atoms with van der Waals surface area (Å²) in [6.07, 6.45) is 10.1. The Morgan fingerprint density at radius 2 is 1.88 bits per heavy atom. The molecule has 17 heavy (non-hydrogen) atoms. The average Bonchev–Trinajstić information content (AvgIpc) is 2.51. The summed E-state index contributed by atoms with van der Waals surface area (Å²) in [5.41, 5.74) is 1.47. The minimum atomic E-state index is 0.587. The van der Waals surface area contributed by atoms with Crippen molar-refractivity contribution in [1.82, 2.24) is 0 Å². The van der Waals surface area contributed by atoms with Gasteiger partial charge in [-0.1, -0.05) is 54.5 Å². The summed E-state index contributed by atoms with van der Waals surface area (Å²) in [5, 5.41) is 0. The summed E-state index contributed by atoms with van der Waals surface area (Å²) in [6.45, 7) is 4.47. The Hall–Kier alpha value is 0.180. The summed E-state index contributed by atoms with van der Waals surface area (Å²) in [4.78, 5) is 3.60. The number of rotatable bonds is 3. The first-order valence-electron chi connectivity index (χ1n) is 6.88. The van der Waals surface area contributed by atoms with E-state index in [-0.39, 0.29) is 0 Å². The van der Waals surface area contributed by atoms with Crippen LogP contribution >= 0.6 is 27.3 Å². The highest BCUT2D eigenvalue weighted by Crippen LogP contribution is 2.40. The molecule has 1 aromatic rings. The molecule has 1 fully saturated rings. The van der Waals surface area contributed by atoms with E-state index in [1.54, 1.807) is 4.88 Å². The summed E-state index contributed by atoms with van der Waals surface area (Å²) >= 11 is 5.89. The van der Waals surface area contributed by atoms with E-state index in [2.05, 4.69) is 35.8 Å². The monoisotopic (exact) mass is 314 g/mol. The molecule has 1 saturated carbocycles. The van der Waals surface area contributed by atoms with Gasteiger partial charge in [-0.25, -0.2) is 0 Å². The maximum absolute atomic E-state index is 3.92. The maximum Gasteiger partial charge on any atom is 0.0494 e. The van der Waals surface area contributed by atoms with Crippen LogP contribution in [0.3, 0.4) is 0 Å². The second-order valence-electron chi connectivity index (χ2n) is 5.47. The van der Waals surface area contributed by atoms with Gasteiger partial charge in [-0.3, -0.25) is 0 Å². The minimum absolute atomic E-state index is 0.587. The van der Waals surface area contributed by atoms with Gasteiger partial charge in [-0.2, -0.15) is 0 Å². The zero-order valence-corrected chi connectivity index (χ0v) is 13.4. The molecule has 0 radical (unpaired) electrons. The van der Waals surface area contributed by atoms with Crippen molar-refractivity contribution in [3.63, 3.8) is 0 Å². The van der Waals surface area contributed by atoms with Gasteiger partial charge < -0.3 is 0 Å². The molecule has 1 heterocycles. The fourth-order valence-corrected chi connectivity index (χ4v) is 5.17. The second-order valence-corrected chi connectivity index (χ2v) is 7.86. The molecule has 96 valence electrons. The van der Waals surface area contributed by atoms with E-state index in [1.807, 2.05) is 11.3 Å². The van der Waals surface area contributed by atoms with Crippen molar-refractivity contribution in [2.45, 2.75) is 63.6 Å². The van der Waals surface area contributed by atoms with Gasteiger partial charge in [-0.05, 0) is 37.8 Å². The van der Waals surface area contributed by atoms with E-state index in [9.17, 15) is 0 Å². The predicted octanol–water partition coefficient (Wildman–Crippen LogP) is 6.16. The molecule has 0 saturated heterocycles. The largest absolute Gasteiger partial charge is 0.144 e. The van der Waals surface area contributed by atoms with Crippen LogP contribution in [0.2, 0.25) is 0 Å². The highest BCUT2D eigenvalue weighted by molar-refractivity contribution is 9.09. The average molecular weight is 315 g/mol. The summed E-state index contributed by atoms with van der Waals surface area (Å²) in [7, 11) is 0. The van der Waals surface area contributed by atoms with Gasteiger partial charge in [0.2, 0.25) is 0 Å². The summed E-state index contributed by atoms with van der Waals surface area (Å²) in [6, 6.07) is 2.32. The molecule has 1 unspecified atom stereocenters. The lowest BCUT2D eigenvalue weighted by Crippen LogP contribution is -2.02. The van der Waals surface area contributed by atoms with Crippen LogP contribution in [0.25, 0.3) is 0 Å². The van der Waals surface area contributed by atoms with E-state index in [0.717, 1.165) is 5.92 Å². The molecule has 0 aliphatic heterocycles. The van der Waals surface area contributed by atoms with E-state index in [4.69, 9.17) is 0 Å². The van der Waals surface area contributed by atoms with Crippen LogP contribution in [0.1, 0.15) is 65.1 Å². The van der Waals surface area contributed by atoms with Crippen LogP contribution in [0.4, 0.5) is 0 Å². The Labute approximate surface area is 118 Å². The normalized spacial score (nSPS) is 20.2. The van der Waals surface area contributed by atoms with Gasteiger partial charge in [-0.15, -0.1) is 11.3 Å². The fourth-order valence-electron chi connectivity index (χ4n) is 2.97. The minimum Gasteiger partial charge on any atom is -0.144 e. The highest BCUT2D eigenvalue weighted by atomic mass is 79.9. The van der Waals surface area contributed by atoms with Gasteiger partial charge >= 0.3 is 0 Å². The molecule has 0 spiro atoms. The Morgan fingerprint density at radius 3 is 2.41 bits per heavy atom. The molecule has 2 rings (SSSR count). The van der Waals surface area contributed by atoms with Gasteiger partial charge in [0.15, 0.2) is 0 Å². The fraction of sp³-hybridized carbons (Fsp3) is 0.733. The van der Waals surface area contributed by atoms with E-state index in [0.29, 0.717) is 4.83 Å². The van der Waals surface area contributed by atoms with Crippen molar-refractivity contribution in [3.8, 4) is 0 Å². The molecule has 1 aromatic heterocycles. The number of thiophene rings is 1. The number of alkyl halides is 1. The van der Waals surface area contributed by atoms with E-state index < -0.39 is 0 Å². The van der Waals surface area contributed by atoms with Crippen LogP contribution in [-0.4, -0.2) is 0 Å². The molecule has 0 aromatic carbocycles.